The second-order valence-corrected chi connectivity index (χ2v) is 10.9. The predicted octanol–water partition coefficient (Wildman–Crippen LogP) is 3.21. The zero-order chi connectivity index (χ0) is 20.6. The van der Waals surface area contributed by atoms with Crippen molar-refractivity contribution in [2.75, 3.05) is 0 Å². The summed E-state index contributed by atoms with van der Waals surface area (Å²) in [6.07, 6.45) is 7.49. The van der Waals surface area contributed by atoms with Gasteiger partial charge in [0.15, 0.2) is 0 Å². The molecule has 1 aromatic rings. The molecule has 0 saturated heterocycles. The van der Waals surface area contributed by atoms with E-state index in [-0.39, 0.29) is 34.9 Å². The lowest BCUT2D eigenvalue weighted by molar-refractivity contribution is -0.239. The minimum atomic E-state index is -0.818. The Morgan fingerprint density at radius 2 is 1.86 bits per heavy atom. The molecule has 3 unspecified atom stereocenters. The summed E-state index contributed by atoms with van der Waals surface area (Å²) in [4.78, 5) is 11.4. The molecule has 0 aromatic carbocycles. The molecule has 3 N–H and O–H groups in total. The van der Waals surface area contributed by atoms with Gasteiger partial charge in [-0.25, -0.2) is 4.79 Å². The van der Waals surface area contributed by atoms with E-state index >= 15 is 0 Å². The van der Waals surface area contributed by atoms with E-state index in [1.54, 1.807) is 6.26 Å². The van der Waals surface area contributed by atoms with Crippen LogP contribution < -0.4 is 5.63 Å². The van der Waals surface area contributed by atoms with Crippen molar-refractivity contribution >= 4 is 0 Å². The number of aliphatic hydroxyl groups is 3. The Morgan fingerprint density at radius 3 is 2.59 bits per heavy atom. The number of aliphatic hydroxyl groups excluding tert-OH is 2. The minimum absolute atomic E-state index is 0.0176. The fourth-order valence-corrected chi connectivity index (χ4v) is 8.41. The van der Waals surface area contributed by atoms with E-state index in [1.807, 2.05) is 6.07 Å². The van der Waals surface area contributed by atoms with Crippen LogP contribution in [0.4, 0.5) is 0 Å². The SMILES string of the molecule is C[C@]12CC[C@H](O)C[C@H]1CC[C@@H]1C2C(O)C[C@]2(C)C(c3ccc(=O)oc3)CC[C@]12O. The first-order valence-corrected chi connectivity index (χ1v) is 11.4. The van der Waals surface area contributed by atoms with Gasteiger partial charge in [0.1, 0.15) is 0 Å². The molecule has 4 saturated carbocycles. The third-order valence-electron chi connectivity index (χ3n) is 9.89. The Hall–Kier alpha value is -1.17. The zero-order valence-electron chi connectivity index (χ0n) is 17.5. The van der Waals surface area contributed by atoms with Crippen LogP contribution in [0.15, 0.2) is 27.6 Å². The number of rotatable bonds is 1. The van der Waals surface area contributed by atoms with Gasteiger partial charge in [-0.15, -0.1) is 0 Å². The van der Waals surface area contributed by atoms with Gasteiger partial charge in [0.25, 0.3) is 0 Å². The molecule has 4 fully saturated rings. The standard InChI is InChI=1S/C24H34O5/c1-22-9-7-16(25)11-15(22)4-5-18-21(22)19(26)12-23(2)17(8-10-24(18,23)28)14-3-6-20(27)29-13-14/h3,6,13,15-19,21,25-26,28H,4-5,7-12H2,1-2H3/t15-,16+,17?,18-,19?,21?,22+,23-,24+/m1/s1. The summed E-state index contributed by atoms with van der Waals surface area (Å²) in [7, 11) is 0. The topological polar surface area (TPSA) is 90.9 Å². The number of hydrogen-bond donors (Lipinski definition) is 3. The van der Waals surface area contributed by atoms with Crippen LogP contribution in [-0.4, -0.2) is 33.1 Å². The lowest BCUT2D eigenvalue weighted by atomic mass is 9.42. The summed E-state index contributed by atoms with van der Waals surface area (Å²) in [6.45, 7) is 4.43. The van der Waals surface area contributed by atoms with E-state index in [0.29, 0.717) is 12.3 Å². The van der Waals surface area contributed by atoms with Gasteiger partial charge < -0.3 is 19.7 Å². The first-order chi connectivity index (χ1) is 13.7. The van der Waals surface area contributed by atoms with Crippen molar-refractivity contribution in [3.63, 3.8) is 0 Å². The Labute approximate surface area is 172 Å². The average molecular weight is 403 g/mol. The minimum Gasteiger partial charge on any atom is -0.431 e. The number of fused-ring (bicyclic) bond motifs is 5. The van der Waals surface area contributed by atoms with Crippen LogP contribution in [0.3, 0.4) is 0 Å². The Kier molecular flexibility index (Phi) is 4.37. The number of hydrogen-bond acceptors (Lipinski definition) is 5. The Morgan fingerprint density at radius 1 is 1.07 bits per heavy atom. The van der Waals surface area contributed by atoms with Crippen molar-refractivity contribution in [1.82, 2.24) is 0 Å². The molecule has 160 valence electrons. The summed E-state index contributed by atoms with van der Waals surface area (Å²) >= 11 is 0. The normalized spacial score (nSPS) is 51.8. The maximum Gasteiger partial charge on any atom is 0.335 e. The lowest BCUT2D eigenvalue weighted by Crippen LogP contribution is -2.66. The van der Waals surface area contributed by atoms with Crippen LogP contribution >= 0.6 is 0 Å². The molecule has 4 aliphatic rings. The molecule has 9 atom stereocenters. The molecule has 1 heterocycles. The van der Waals surface area contributed by atoms with Crippen molar-refractivity contribution < 1.29 is 19.7 Å². The molecule has 1 aromatic heterocycles. The van der Waals surface area contributed by atoms with E-state index in [1.165, 1.54) is 6.07 Å². The van der Waals surface area contributed by atoms with E-state index in [0.717, 1.165) is 50.5 Å². The van der Waals surface area contributed by atoms with Crippen molar-refractivity contribution in [1.29, 1.82) is 0 Å². The molecule has 4 aliphatic carbocycles. The maximum absolute atomic E-state index is 12.2. The second-order valence-electron chi connectivity index (χ2n) is 10.9. The van der Waals surface area contributed by atoms with E-state index < -0.39 is 17.1 Å². The monoisotopic (exact) mass is 402 g/mol. The maximum atomic E-state index is 12.2. The quantitative estimate of drug-likeness (QED) is 0.671. The van der Waals surface area contributed by atoms with E-state index in [4.69, 9.17) is 4.42 Å². The average Bonchev–Trinajstić information content (AvgIpc) is 2.94. The van der Waals surface area contributed by atoms with Gasteiger partial charge in [-0.2, -0.15) is 0 Å². The van der Waals surface area contributed by atoms with Crippen molar-refractivity contribution in [2.24, 2.45) is 28.6 Å². The third kappa shape index (κ3) is 2.60. The van der Waals surface area contributed by atoms with Crippen molar-refractivity contribution in [2.45, 2.75) is 88.9 Å². The van der Waals surface area contributed by atoms with Gasteiger partial charge in [-0.3, -0.25) is 0 Å². The predicted molar refractivity (Wildman–Crippen MR) is 108 cm³/mol. The Bertz CT molecular complexity index is 829. The first-order valence-electron chi connectivity index (χ1n) is 11.4. The highest BCUT2D eigenvalue weighted by Crippen LogP contribution is 2.70. The lowest BCUT2D eigenvalue weighted by Gasteiger charge is -2.65. The van der Waals surface area contributed by atoms with Crippen molar-refractivity contribution in [3.8, 4) is 0 Å². The van der Waals surface area contributed by atoms with Gasteiger partial charge >= 0.3 is 5.63 Å². The van der Waals surface area contributed by atoms with Crippen LogP contribution in [0.1, 0.15) is 76.7 Å². The van der Waals surface area contributed by atoms with Gasteiger partial charge in [0.2, 0.25) is 0 Å². The van der Waals surface area contributed by atoms with Gasteiger partial charge in [-0.05, 0) is 92.1 Å². The van der Waals surface area contributed by atoms with E-state index in [9.17, 15) is 20.1 Å². The summed E-state index contributed by atoms with van der Waals surface area (Å²) in [6, 6.07) is 3.28. The summed E-state index contributed by atoms with van der Waals surface area (Å²) in [5.74, 6) is 0.662. The van der Waals surface area contributed by atoms with Crippen LogP contribution in [0.25, 0.3) is 0 Å². The van der Waals surface area contributed by atoms with Crippen LogP contribution in [0.2, 0.25) is 0 Å². The highest BCUT2D eigenvalue weighted by molar-refractivity contribution is 5.28. The molecule has 0 bridgehead atoms. The highest BCUT2D eigenvalue weighted by Gasteiger charge is 2.69. The van der Waals surface area contributed by atoms with Crippen LogP contribution in [0.5, 0.6) is 0 Å². The first kappa shape index (κ1) is 19.8. The molecule has 0 spiro atoms. The smallest absolute Gasteiger partial charge is 0.335 e. The molecule has 29 heavy (non-hydrogen) atoms. The summed E-state index contributed by atoms with van der Waals surface area (Å²) in [5.41, 5.74) is -0.681. The second kappa shape index (κ2) is 6.41. The van der Waals surface area contributed by atoms with Gasteiger partial charge in [0, 0.05) is 11.5 Å². The van der Waals surface area contributed by atoms with Gasteiger partial charge in [0.05, 0.1) is 24.1 Å². The fourth-order valence-electron chi connectivity index (χ4n) is 8.41. The Balaban J connectivity index is 1.52. The molecule has 5 heteroatoms. The van der Waals surface area contributed by atoms with Crippen molar-refractivity contribution in [3.05, 3.63) is 34.4 Å². The van der Waals surface area contributed by atoms with Crippen LogP contribution in [0, 0.1) is 28.6 Å². The molecular weight excluding hydrogens is 368 g/mol. The zero-order valence-corrected chi connectivity index (χ0v) is 17.5. The highest BCUT2D eigenvalue weighted by atomic mass is 16.4. The van der Waals surface area contributed by atoms with Crippen LogP contribution in [-0.2, 0) is 0 Å². The third-order valence-corrected chi connectivity index (χ3v) is 9.89. The van der Waals surface area contributed by atoms with Gasteiger partial charge in [-0.1, -0.05) is 13.8 Å². The molecule has 5 rings (SSSR count). The molecule has 0 amide bonds. The van der Waals surface area contributed by atoms with E-state index in [2.05, 4.69) is 13.8 Å². The molecule has 5 nitrogen and oxygen atoms in total. The summed E-state index contributed by atoms with van der Waals surface area (Å²) < 4.78 is 5.14. The molecule has 0 aliphatic heterocycles. The fraction of sp³-hybridized carbons (Fsp3) is 0.792. The summed E-state index contributed by atoms with van der Waals surface area (Å²) in [5, 5.41) is 33.8. The largest absolute Gasteiger partial charge is 0.431 e. The molecular formula is C24H34O5. The molecule has 0 radical (unpaired) electrons.